The lowest BCUT2D eigenvalue weighted by atomic mass is 9.86. The molecule has 34 heavy (non-hydrogen) atoms. The number of carbonyl (C=O) groups excluding carboxylic acids is 3. The molecule has 174 valence electrons. The molecule has 0 bridgehead atoms. The number of nitrogens with zero attached hydrogens (tertiary/aromatic N) is 3. The van der Waals surface area contributed by atoms with Crippen LogP contribution in [0.5, 0.6) is 0 Å². The second-order valence-corrected chi connectivity index (χ2v) is 10.3. The first-order chi connectivity index (χ1) is 16.2. The first-order valence-electron chi connectivity index (χ1n) is 10.6. The van der Waals surface area contributed by atoms with Gasteiger partial charge in [0.25, 0.3) is 5.91 Å². The molecule has 0 N–H and O–H groups in total. The molecule has 8 nitrogen and oxygen atoms in total. The monoisotopic (exact) mass is 477 g/mol. The average Bonchev–Trinajstić information content (AvgIpc) is 3.09. The van der Waals surface area contributed by atoms with Gasteiger partial charge in [-0.15, -0.1) is 0 Å². The number of amides is 1. The lowest BCUT2D eigenvalue weighted by Crippen LogP contribution is -2.30. The number of sulfonamides is 1. The highest BCUT2D eigenvalue weighted by Gasteiger charge is 2.51. The summed E-state index contributed by atoms with van der Waals surface area (Å²) in [6.07, 6.45) is 3.22. The predicted octanol–water partition coefficient (Wildman–Crippen LogP) is 2.48. The zero-order chi connectivity index (χ0) is 24.5. The van der Waals surface area contributed by atoms with Gasteiger partial charge in [-0.25, -0.2) is 12.7 Å². The van der Waals surface area contributed by atoms with Gasteiger partial charge in [-0.1, -0.05) is 48.5 Å². The number of ketones is 2. The van der Waals surface area contributed by atoms with Gasteiger partial charge in [-0.3, -0.25) is 19.4 Å². The van der Waals surface area contributed by atoms with Gasteiger partial charge in [-0.05, 0) is 29.3 Å². The summed E-state index contributed by atoms with van der Waals surface area (Å²) >= 11 is 0. The van der Waals surface area contributed by atoms with Gasteiger partial charge in [0.05, 0.1) is 10.9 Å². The van der Waals surface area contributed by atoms with E-state index in [1.54, 1.807) is 48.8 Å². The molecule has 0 spiro atoms. The highest BCUT2D eigenvalue weighted by molar-refractivity contribution is 7.89. The van der Waals surface area contributed by atoms with Crippen molar-refractivity contribution in [3.05, 3.63) is 95.8 Å². The molecule has 0 saturated carbocycles. The molecule has 2 heterocycles. The van der Waals surface area contributed by atoms with E-state index in [4.69, 9.17) is 0 Å². The van der Waals surface area contributed by atoms with Gasteiger partial charge >= 0.3 is 0 Å². The molecule has 1 aliphatic rings. The molecule has 1 aliphatic heterocycles. The standard InChI is InChI=1S/C25H23N3O5S/c1-27(2)34(32,33)20-12-10-19(11-13-20)23(29)21-22(18-8-4-3-5-9-18)28(25(31)24(21)30)16-17-7-6-14-26-15-17/h3-15,21-22H,16H2,1-2H3. The minimum Gasteiger partial charge on any atom is -0.323 e. The Balaban J connectivity index is 1.72. The van der Waals surface area contributed by atoms with Crippen LogP contribution in [0.15, 0.2) is 84.0 Å². The van der Waals surface area contributed by atoms with Gasteiger partial charge in [-0.2, -0.15) is 0 Å². The summed E-state index contributed by atoms with van der Waals surface area (Å²) < 4.78 is 25.8. The SMILES string of the molecule is CN(C)S(=O)(=O)c1ccc(C(=O)C2C(=O)C(=O)N(Cc3cccnc3)C2c2ccccc2)cc1. The Morgan fingerprint density at radius 1 is 0.971 bits per heavy atom. The zero-order valence-corrected chi connectivity index (χ0v) is 19.5. The molecule has 1 amide bonds. The quantitative estimate of drug-likeness (QED) is 0.294. The number of carbonyl (C=O) groups is 3. The van der Waals surface area contributed by atoms with Crippen molar-refractivity contribution >= 4 is 27.5 Å². The maximum absolute atomic E-state index is 13.5. The molecule has 3 aromatic rings. The van der Waals surface area contributed by atoms with Gasteiger partial charge in [0.1, 0.15) is 5.92 Å². The minimum absolute atomic E-state index is 0.0284. The van der Waals surface area contributed by atoms with Crippen LogP contribution in [0.3, 0.4) is 0 Å². The molecular weight excluding hydrogens is 454 g/mol. The Morgan fingerprint density at radius 2 is 1.65 bits per heavy atom. The molecule has 9 heteroatoms. The van der Waals surface area contributed by atoms with Crippen LogP contribution in [0, 0.1) is 5.92 Å². The fraction of sp³-hybridized carbons (Fsp3) is 0.200. The lowest BCUT2D eigenvalue weighted by molar-refractivity contribution is -0.141. The molecule has 0 aliphatic carbocycles. The zero-order valence-electron chi connectivity index (χ0n) is 18.7. The fourth-order valence-electron chi connectivity index (χ4n) is 4.05. The van der Waals surface area contributed by atoms with E-state index in [9.17, 15) is 22.8 Å². The van der Waals surface area contributed by atoms with Crippen molar-refractivity contribution in [2.45, 2.75) is 17.5 Å². The van der Waals surface area contributed by atoms with Crippen LogP contribution in [-0.4, -0.2) is 54.2 Å². The van der Waals surface area contributed by atoms with Crippen LogP contribution in [-0.2, 0) is 26.2 Å². The number of aromatic nitrogens is 1. The second-order valence-electron chi connectivity index (χ2n) is 8.17. The Bertz CT molecular complexity index is 1320. The summed E-state index contributed by atoms with van der Waals surface area (Å²) in [6, 6.07) is 17.1. The largest absolute Gasteiger partial charge is 0.323 e. The van der Waals surface area contributed by atoms with Crippen molar-refractivity contribution in [2.24, 2.45) is 5.92 Å². The topological polar surface area (TPSA) is 105 Å². The van der Waals surface area contributed by atoms with Crippen LogP contribution >= 0.6 is 0 Å². The van der Waals surface area contributed by atoms with Gasteiger partial charge < -0.3 is 4.90 Å². The maximum Gasteiger partial charge on any atom is 0.291 e. The summed E-state index contributed by atoms with van der Waals surface area (Å²) in [4.78, 5) is 45.1. The Morgan fingerprint density at radius 3 is 2.24 bits per heavy atom. The van der Waals surface area contributed by atoms with Crippen molar-refractivity contribution in [3.63, 3.8) is 0 Å². The molecule has 1 saturated heterocycles. The first-order valence-corrected chi connectivity index (χ1v) is 12.0. The molecule has 0 radical (unpaired) electrons. The summed E-state index contributed by atoms with van der Waals surface area (Å²) in [5, 5.41) is 0. The van der Waals surface area contributed by atoms with Crippen LogP contribution in [0.4, 0.5) is 0 Å². The van der Waals surface area contributed by atoms with Gasteiger partial charge in [0.2, 0.25) is 15.8 Å². The molecule has 1 fully saturated rings. The van der Waals surface area contributed by atoms with E-state index in [0.29, 0.717) is 5.56 Å². The molecule has 2 aromatic carbocycles. The molecule has 1 aromatic heterocycles. The van der Waals surface area contributed by atoms with E-state index >= 15 is 0 Å². The highest BCUT2D eigenvalue weighted by atomic mass is 32.2. The Hall–Kier alpha value is -3.69. The third kappa shape index (κ3) is 4.27. The number of rotatable bonds is 7. The van der Waals surface area contributed by atoms with Crippen LogP contribution < -0.4 is 0 Å². The van der Waals surface area contributed by atoms with E-state index in [1.165, 1.54) is 43.3 Å². The smallest absolute Gasteiger partial charge is 0.291 e. The van der Waals surface area contributed by atoms with Gasteiger partial charge in [0.15, 0.2) is 5.78 Å². The predicted molar refractivity (Wildman–Crippen MR) is 124 cm³/mol. The van der Waals surface area contributed by atoms with Crippen molar-refractivity contribution < 1.29 is 22.8 Å². The van der Waals surface area contributed by atoms with Crippen molar-refractivity contribution in [1.29, 1.82) is 0 Å². The van der Waals surface area contributed by atoms with Crippen molar-refractivity contribution in [1.82, 2.24) is 14.2 Å². The molecular formula is C25H23N3O5S. The van der Waals surface area contributed by atoms with E-state index < -0.39 is 39.5 Å². The third-order valence-corrected chi connectivity index (χ3v) is 7.65. The van der Waals surface area contributed by atoms with E-state index in [1.807, 2.05) is 6.07 Å². The fourth-order valence-corrected chi connectivity index (χ4v) is 4.95. The maximum atomic E-state index is 13.5. The van der Waals surface area contributed by atoms with Crippen molar-refractivity contribution in [3.8, 4) is 0 Å². The first kappa shape index (κ1) is 23.5. The van der Waals surface area contributed by atoms with Crippen LogP contribution in [0.2, 0.25) is 0 Å². The number of pyridine rings is 1. The normalized spacial score (nSPS) is 18.5. The number of likely N-dealkylation sites (tertiary alicyclic amines) is 1. The third-order valence-electron chi connectivity index (χ3n) is 5.82. The number of hydrogen-bond donors (Lipinski definition) is 0. The molecule has 4 rings (SSSR count). The van der Waals surface area contributed by atoms with Gasteiger partial charge in [0, 0.05) is 38.6 Å². The summed E-state index contributed by atoms with van der Waals surface area (Å²) in [7, 11) is -0.838. The summed E-state index contributed by atoms with van der Waals surface area (Å²) in [6.45, 7) is 0.127. The number of Topliss-reactive ketones (excluding diaryl/α,β-unsaturated/α-hetero) is 2. The molecule has 2 unspecified atom stereocenters. The van der Waals surface area contributed by atoms with E-state index in [0.717, 1.165) is 9.87 Å². The van der Waals surface area contributed by atoms with Crippen LogP contribution in [0.1, 0.15) is 27.5 Å². The summed E-state index contributed by atoms with van der Waals surface area (Å²) in [5.41, 5.74) is 1.56. The van der Waals surface area contributed by atoms with Crippen molar-refractivity contribution in [2.75, 3.05) is 14.1 Å². The Labute approximate surface area is 197 Å². The van der Waals surface area contributed by atoms with E-state index in [2.05, 4.69) is 4.98 Å². The minimum atomic E-state index is -3.67. The highest BCUT2D eigenvalue weighted by Crippen LogP contribution is 2.39. The lowest BCUT2D eigenvalue weighted by Gasteiger charge is -2.27. The number of benzene rings is 2. The van der Waals surface area contributed by atoms with E-state index in [-0.39, 0.29) is 17.0 Å². The molecule has 2 atom stereocenters. The second kappa shape index (κ2) is 9.28. The average molecular weight is 478 g/mol. The summed E-state index contributed by atoms with van der Waals surface area (Å²) in [5.74, 6) is -3.30. The van der Waals surface area contributed by atoms with Crippen LogP contribution in [0.25, 0.3) is 0 Å². The Kier molecular flexibility index (Phi) is 6.41. The number of hydrogen-bond acceptors (Lipinski definition) is 6.